The number of nitrogens with zero attached hydrogens (tertiary/aromatic N) is 2. The van der Waals surface area contributed by atoms with E-state index >= 15 is 0 Å². The number of ether oxygens (including phenoxy) is 2. The number of esters is 1. The second kappa shape index (κ2) is 10.8. The number of cyclic esters (lactones) is 1. The van der Waals surface area contributed by atoms with Crippen LogP contribution in [0.4, 0.5) is 4.39 Å². The van der Waals surface area contributed by atoms with E-state index in [-0.39, 0.29) is 34.9 Å². The molecule has 9 heteroatoms. The predicted molar refractivity (Wildman–Crippen MR) is 147 cm³/mol. The van der Waals surface area contributed by atoms with Crippen molar-refractivity contribution in [3.63, 3.8) is 0 Å². The minimum absolute atomic E-state index is 0.0232. The summed E-state index contributed by atoms with van der Waals surface area (Å²) < 4.78 is 28.2. The highest BCUT2D eigenvalue weighted by atomic mass is 35.5. The van der Waals surface area contributed by atoms with Gasteiger partial charge >= 0.3 is 5.97 Å². The Morgan fingerprint density at radius 1 is 1.26 bits per heavy atom. The Morgan fingerprint density at radius 3 is 2.71 bits per heavy atom. The lowest BCUT2D eigenvalue weighted by Crippen LogP contribution is -2.45. The summed E-state index contributed by atoms with van der Waals surface area (Å²) >= 11 is 7.22. The van der Waals surface area contributed by atoms with E-state index in [4.69, 9.17) is 21.1 Å². The Bertz CT molecular complexity index is 1400. The third-order valence-electron chi connectivity index (χ3n) is 7.50. The van der Waals surface area contributed by atoms with Crippen molar-refractivity contribution in [2.45, 2.75) is 75.7 Å². The molecule has 1 N–H and O–H groups in total. The van der Waals surface area contributed by atoms with Crippen LogP contribution in [0.15, 0.2) is 52.2 Å². The van der Waals surface area contributed by atoms with E-state index in [0.29, 0.717) is 28.5 Å². The van der Waals surface area contributed by atoms with Crippen molar-refractivity contribution in [3.05, 3.63) is 63.5 Å². The molecule has 6 nitrogen and oxygen atoms in total. The molecule has 1 fully saturated rings. The molecule has 2 heterocycles. The molecule has 2 aliphatic rings. The van der Waals surface area contributed by atoms with E-state index in [1.807, 2.05) is 37.6 Å². The molecule has 1 unspecified atom stereocenters. The predicted octanol–water partition coefficient (Wildman–Crippen LogP) is 7.52. The summed E-state index contributed by atoms with van der Waals surface area (Å²) in [5.74, 6) is -0.550. The Hall–Kier alpha value is -2.71. The smallest absolute Gasteiger partial charge is 0.349 e. The number of aromatic nitrogens is 2. The van der Waals surface area contributed by atoms with E-state index < -0.39 is 17.4 Å². The van der Waals surface area contributed by atoms with Gasteiger partial charge in [-0.3, -0.25) is 0 Å². The highest BCUT2D eigenvalue weighted by Crippen LogP contribution is 2.48. The maximum absolute atomic E-state index is 14.6. The van der Waals surface area contributed by atoms with Crippen molar-refractivity contribution in [2.75, 3.05) is 0 Å². The van der Waals surface area contributed by atoms with Crippen LogP contribution in [0.3, 0.4) is 0 Å². The third-order valence-corrected chi connectivity index (χ3v) is 8.89. The van der Waals surface area contributed by atoms with Gasteiger partial charge in [-0.25, -0.2) is 14.2 Å². The molecule has 1 aromatic heterocycles. The van der Waals surface area contributed by atoms with Gasteiger partial charge in [-0.05, 0) is 93.1 Å². The summed E-state index contributed by atoms with van der Waals surface area (Å²) in [5.41, 5.74) is 1.56. The second-order valence-corrected chi connectivity index (χ2v) is 11.9. The number of aryl methyl sites for hydroxylation is 2. The number of thioether (sulfide) groups is 1. The molecule has 0 spiro atoms. The van der Waals surface area contributed by atoms with Gasteiger partial charge in [0.15, 0.2) is 16.7 Å². The molecule has 0 saturated heterocycles. The number of halogens is 2. The summed E-state index contributed by atoms with van der Waals surface area (Å²) in [6, 6.07) is 10.4. The number of fused-ring (bicyclic) bond motifs is 1. The molecule has 202 valence electrons. The van der Waals surface area contributed by atoms with Gasteiger partial charge in [-0.2, -0.15) is 0 Å². The van der Waals surface area contributed by atoms with Crippen LogP contribution in [0, 0.1) is 11.7 Å². The van der Waals surface area contributed by atoms with E-state index in [1.165, 1.54) is 6.07 Å². The van der Waals surface area contributed by atoms with Gasteiger partial charge in [0.05, 0.1) is 17.1 Å². The molecular formula is C29H32ClFN2O4S. The van der Waals surface area contributed by atoms with Crippen molar-refractivity contribution >= 4 is 40.4 Å². The number of aliphatic hydroxyl groups is 1. The first-order valence-electron chi connectivity index (χ1n) is 13.1. The Morgan fingerprint density at radius 2 is 2.03 bits per heavy atom. The van der Waals surface area contributed by atoms with Gasteiger partial charge in [-0.1, -0.05) is 30.5 Å². The van der Waals surface area contributed by atoms with E-state index in [9.17, 15) is 14.3 Å². The number of carbonyl (C=O) groups excluding carboxylic acids is 1. The molecule has 1 aliphatic heterocycles. The maximum atomic E-state index is 14.6. The first-order valence-corrected chi connectivity index (χ1v) is 14.2. The van der Waals surface area contributed by atoms with Gasteiger partial charge in [0.25, 0.3) is 0 Å². The lowest BCUT2D eigenvalue weighted by atomic mass is 9.77. The molecule has 0 amide bonds. The standard InChI is InChI=1S/C29H32ClFN2O4S/c1-17(2)36-25-11-8-18(14-21(25)31)12-13-29(19-6-4-5-7-19)16-24(34)26(27(35)37-29)38-28-32-22-15-20(30)9-10-23(22)33(28)3/h8-11,14-15,17,19,34H,4-7,12-13,16H2,1-3H3. The highest BCUT2D eigenvalue weighted by Gasteiger charge is 2.48. The van der Waals surface area contributed by atoms with Crippen LogP contribution in [-0.4, -0.2) is 32.3 Å². The van der Waals surface area contributed by atoms with Crippen molar-refractivity contribution in [1.29, 1.82) is 0 Å². The van der Waals surface area contributed by atoms with Crippen LogP contribution in [0.2, 0.25) is 5.02 Å². The number of benzene rings is 2. The zero-order valence-corrected chi connectivity index (χ0v) is 23.4. The molecule has 5 rings (SSSR count). The van der Waals surface area contributed by atoms with Gasteiger partial charge in [0.1, 0.15) is 16.3 Å². The number of hydrogen-bond acceptors (Lipinski definition) is 6. The van der Waals surface area contributed by atoms with Crippen molar-refractivity contribution < 1.29 is 23.8 Å². The second-order valence-electron chi connectivity index (χ2n) is 10.5. The molecule has 1 atom stereocenters. The Balaban J connectivity index is 1.39. The molecular weight excluding hydrogens is 527 g/mol. The largest absolute Gasteiger partial charge is 0.511 e. The van der Waals surface area contributed by atoms with E-state index in [1.54, 1.807) is 18.2 Å². The Labute approximate surface area is 231 Å². The molecule has 3 aromatic rings. The summed E-state index contributed by atoms with van der Waals surface area (Å²) in [6.45, 7) is 3.71. The molecule has 0 bridgehead atoms. The lowest BCUT2D eigenvalue weighted by molar-refractivity contribution is -0.166. The SMILES string of the molecule is CC(C)Oc1ccc(CCC2(C3CCCC3)CC(O)=C(Sc3nc4cc(Cl)ccc4n3C)C(=O)O2)cc1F. The molecule has 1 saturated carbocycles. The fraction of sp³-hybridized carbons (Fsp3) is 0.448. The minimum Gasteiger partial charge on any atom is -0.511 e. The maximum Gasteiger partial charge on any atom is 0.349 e. The monoisotopic (exact) mass is 558 g/mol. The summed E-state index contributed by atoms with van der Waals surface area (Å²) in [6.07, 6.45) is 5.13. The first kappa shape index (κ1) is 26.9. The molecule has 38 heavy (non-hydrogen) atoms. The topological polar surface area (TPSA) is 73.6 Å². The van der Waals surface area contributed by atoms with Crippen molar-refractivity contribution in [1.82, 2.24) is 9.55 Å². The zero-order chi connectivity index (χ0) is 27.0. The van der Waals surface area contributed by atoms with Crippen molar-refractivity contribution in [2.24, 2.45) is 13.0 Å². The quantitative estimate of drug-likeness (QED) is 0.288. The normalized spacial score (nSPS) is 20.5. The summed E-state index contributed by atoms with van der Waals surface area (Å²) in [7, 11) is 1.86. The van der Waals surface area contributed by atoms with Gasteiger partial charge in [-0.15, -0.1) is 0 Å². The van der Waals surface area contributed by atoms with Crippen molar-refractivity contribution in [3.8, 4) is 5.75 Å². The van der Waals surface area contributed by atoms with Crippen LogP contribution in [0.1, 0.15) is 57.9 Å². The number of imidazole rings is 1. The number of hydrogen-bond donors (Lipinski definition) is 1. The first-order chi connectivity index (χ1) is 18.1. The number of carbonyl (C=O) groups is 1. The molecule has 1 aliphatic carbocycles. The van der Waals surface area contributed by atoms with Crippen LogP contribution in [0.25, 0.3) is 11.0 Å². The lowest BCUT2D eigenvalue weighted by Gasteiger charge is -2.41. The Kier molecular flexibility index (Phi) is 7.65. The fourth-order valence-corrected chi connectivity index (χ4v) is 6.65. The molecule has 2 aromatic carbocycles. The summed E-state index contributed by atoms with van der Waals surface area (Å²) in [4.78, 5) is 18.1. The van der Waals surface area contributed by atoms with Crippen LogP contribution in [0.5, 0.6) is 5.75 Å². The van der Waals surface area contributed by atoms with E-state index in [2.05, 4.69) is 4.98 Å². The van der Waals surface area contributed by atoms with Gasteiger partial charge < -0.3 is 19.1 Å². The average Bonchev–Trinajstić information content (AvgIpc) is 3.50. The van der Waals surface area contributed by atoms with Gasteiger partial charge in [0.2, 0.25) is 0 Å². The fourth-order valence-electron chi connectivity index (χ4n) is 5.61. The van der Waals surface area contributed by atoms with Crippen LogP contribution >= 0.6 is 23.4 Å². The average molecular weight is 559 g/mol. The van der Waals surface area contributed by atoms with Crippen LogP contribution in [-0.2, 0) is 23.0 Å². The van der Waals surface area contributed by atoms with E-state index in [0.717, 1.165) is 48.5 Å². The van der Waals surface area contributed by atoms with Crippen LogP contribution < -0.4 is 4.74 Å². The van der Waals surface area contributed by atoms with Gasteiger partial charge in [0, 0.05) is 18.5 Å². The number of rotatable bonds is 8. The molecule has 0 radical (unpaired) electrons. The minimum atomic E-state index is -0.828. The summed E-state index contributed by atoms with van der Waals surface area (Å²) in [5, 5.41) is 12.3. The highest BCUT2D eigenvalue weighted by molar-refractivity contribution is 8.03. The zero-order valence-electron chi connectivity index (χ0n) is 21.8. The third kappa shape index (κ3) is 5.38. The number of aliphatic hydroxyl groups excluding tert-OH is 1.